The Morgan fingerprint density at radius 3 is 2.94 bits per heavy atom. The van der Waals surface area contributed by atoms with Gasteiger partial charge in [0.2, 0.25) is 5.91 Å². The molecule has 0 saturated heterocycles. The molecule has 0 saturated carbocycles. The molecule has 98 valence electrons. The first kappa shape index (κ1) is 12.6. The Balaban J connectivity index is 2.33. The van der Waals surface area contributed by atoms with Gasteiger partial charge in [-0.05, 0) is 12.1 Å². The fourth-order valence-electron chi connectivity index (χ4n) is 1.68. The molecule has 1 unspecified atom stereocenters. The number of rotatable bonds is 2. The number of ether oxygens (including phenoxy) is 2. The summed E-state index contributed by atoms with van der Waals surface area (Å²) in [5, 5.41) is 0. The molecule has 1 atom stereocenters. The minimum absolute atomic E-state index is 0.00565. The van der Waals surface area contributed by atoms with Gasteiger partial charge in [-0.3, -0.25) is 4.79 Å². The van der Waals surface area contributed by atoms with Crippen LogP contribution >= 0.6 is 0 Å². The summed E-state index contributed by atoms with van der Waals surface area (Å²) in [5.74, 6) is -0.0340. The molecule has 1 aliphatic rings. The Hall–Kier alpha value is -1.89. The second kappa shape index (κ2) is 4.77. The highest BCUT2D eigenvalue weighted by atomic mass is 19.3. The molecule has 1 aliphatic heterocycles. The van der Waals surface area contributed by atoms with Crippen molar-refractivity contribution in [3.05, 3.63) is 18.2 Å². The lowest BCUT2D eigenvalue weighted by atomic mass is 10.2. The summed E-state index contributed by atoms with van der Waals surface area (Å²) in [7, 11) is 1.54. The molecular formula is C11H12F2N2O3. The van der Waals surface area contributed by atoms with E-state index in [1.165, 1.54) is 23.1 Å². The van der Waals surface area contributed by atoms with Crippen LogP contribution in [0.25, 0.3) is 0 Å². The molecule has 0 aromatic heterocycles. The Morgan fingerprint density at radius 1 is 1.56 bits per heavy atom. The summed E-state index contributed by atoms with van der Waals surface area (Å²) in [4.78, 5) is 13.1. The molecular weight excluding hydrogens is 246 g/mol. The molecule has 1 aromatic rings. The van der Waals surface area contributed by atoms with Gasteiger partial charge >= 0.3 is 6.61 Å². The van der Waals surface area contributed by atoms with Crippen molar-refractivity contribution in [2.75, 3.05) is 18.6 Å². The SMILES string of the molecule is CN1C(=O)C(N)COc2cc(OC(F)F)ccc21. The molecule has 2 N–H and O–H groups in total. The average Bonchev–Trinajstić information content (AvgIpc) is 2.42. The second-order valence-corrected chi connectivity index (χ2v) is 3.82. The van der Waals surface area contributed by atoms with Gasteiger partial charge in [0.15, 0.2) is 0 Å². The number of nitrogens with zero attached hydrogens (tertiary/aromatic N) is 1. The molecule has 0 aliphatic carbocycles. The Morgan fingerprint density at radius 2 is 2.28 bits per heavy atom. The maximum absolute atomic E-state index is 12.1. The van der Waals surface area contributed by atoms with Gasteiger partial charge in [-0.1, -0.05) is 0 Å². The third kappa shape index (κ3) is 2.35. The number of likely N-dealkylation sites (N-methyl/N-ethyl adjacent to an activating group) is 1. The van der Waals surface area contributed by atoms with Crippen molar-refractivity contribution in [3.8, 4) is 11.5 Å². The predicted octanol–water partition coefficient (Wildman–Crippen LogP) is 0.970. The van der Waals surface area contributed by atoms with Crippen LogP contribution < -0.4 is 20.1 Å². The smallest absolute Gasteiger partial charge is 0.387 e. The van der Waals surface area contributed by atoms with E-state index in [-0.39, 0.29) is 24.0 Å². The number of carbonyl (C=O) groups is 1. The summed E-state index contributed by atoms with van der Waals surface area (Å²) in [6.45, 7) is -2.91. The lowest BCUT2D eigenvalue weighted by molar-refractivity contribution is -0.119. The molecule has 0 radical (unpaired) electrons. The molecule has 5 nitrogen and oxygen atoms in total. The summed E-state index contributed by atoms with van der Waals surface area (Å²) in [6, 6.07) is 3.35. The summed E-state index contributed by atoms with van der Waals surface area (Å²) in [5.41, 5.74) is 6.07. The molecule has 0 fully saturated rings. The quantitative estimate of drug-likeness (QED) is 0.858. The topological polar surface area (TPSA) is 64.8 Å². The molecule has 0 bridgehead atoms. The maximum atomic E-state index is 12.1. The van der Waals surface area contributed by atoms with Crippen LogP contribution in [0.2, 0.25) is 0 Å². The van der Waals surface area contributed by atoms with E-state index in [1.807, 2.05) is 0 Å². The highest BCUT2D eigenvalue weighted by molar-refractivity contribution is 5.98. The summed E-state index contributed by atoms with van der Waals surface area (Å²) < 4.78 is 33.7. The van der Waals surface area contributed by atoms with E-state index in [2.05, 4.69) is 4.74 Å². The maximum Gasteiger partial charge on any atom is 0.387 e. The Bertz CT molecular complexity index is 468. The van der Waals surface area contributed by atoms with E-state index in [4.69, 9.17) is 10.5 Å². The summed E-state index contributed by atoms with van der Waals surface area (Å²) in [6.07, 6.45) is 0. The van der Waals surface area contributed by atoms with Gasteiger partial charge in [-0.25, -0.2) is 0 Å². The van der Waals surface area contributed by atoms with E-state index in [9.17, 15) is 13.6 Å². The first-order valence-electron chi connectivity index (χ1n) is 5.24. The van der Waals surface area contributed by atoms with Gasteiger partial charge in [0.05, 0.1) is 5.69 Å². The minimum Gasteiger partial charge on any atom is -0.489 e. The number of carbonyl (C=O) groups excluding carboxylic acids is 1. The molecule has 1 aromatic carbocycles. The van der Waals surface area contributed by atoms with Crippen LogP contribution in [0.15, 0.2) is 18.2 Å². The molecule has 0 spiro atoms. The first-order valence-corrected chi connectivity index (χ1v) is 5.24. The number of alkyl halides is 2. The van der Waals surface area contributed by atoms with Crippen molar-refractivity contribution in [3.63, 3.8) is 0 Å². The van der Waals surface area contributed by atoms with E-state index >= 15 is 0 Å². The fourth-order valence-corrected chi connectivity index (χ4v) is 1.68. The third-order valence-corrected chi connectivity index (χ3v) is 2.58. The van der Waals surface area contributed by atoms with Crippen molar-refractivity contribution in [1.82, 2.24) is 0 Å². The van der Waals surface area contributed by atoms with Crippen LogP contribution in [-0.4, -0.2) is 32.2 Å². The standard InChI is InChI=1S/C11H12F2N2O3/c1-15-8-3-2-6(18-11(12)13)4-9(8)17-5-7(14)10(15)16/h2-4,7,11H,5,14H2,1H3. The van der Waals surface area contributed by atoms with Crippen molar-refractivity contribution in [1.29, 1.82) is 0 Å². The highest BCUT2D eigenvalue weighted by Gasteiger charge is 2.26. The van der Waals surface area contributed by atoms with Crippen molar-refractivity contribution in [2.45, 2.75) is 12.7 Å². The zero-order chi connectivity index (χ0) is 13.3. The van der Waals surface area contributed by atoms with E-state index in [1.54, 1.807) is 7.05 Å². The van der Waals surface area contributed by atoms with Crippen molar-refractivity contribution in [2.24, 2.45) is 5.73 Å². The lowest BCUT2D eigenvalue weighted by Crippen LogP contribution is -2.43. The van der Waals surface area contributed by atoms with E-state index in [0.717, 1.165) is 0 Å². The van der Waals surface area contributed by atoms with Gasteiger partial charge < -0.3 is 20.1 Å². The zero-order valence-corrected chi connectivity index (χ0v) is 9.60. The van der Waals surface area contributed by atoms with Gasteiger partial charge in [-0.2, -0.15) is 8.78 Å². The number of hydrogen-bond donors (Lipinski definition) is 1. The lowest BCUT2D eigenvalue weighted by Gasteiger charge is -2.17. The van der Waals surface area contributed by atoms with Crippen LogP contribution in [0.1, 0.15) is 0 Å². The number of hydrogen-bond acceptors (Lipinski definition) is 4. The minimum atomic E-state index is -2.91. The molecule has 1 heterocycles. The monoisotopic (exact) mass is 258 g/mol. The van der Waals surface area contributed by atoms with Crippen LogP contribution in [0.4, 0.5) is 14.5 Å². The number of halogens is 2. The fraction of sp³-hybridized carbons (Fsp3) is 0.364. The van der Waals surface area contributed by atoms with Gasteiger partial charge in [0.25, 0.3) is 0 Å². The molecule has 7 heteroatoms. The van der Waals surface area contributed by atoms with Crippen molar-refractivity contribution >= 4 is 11.6 Å². The van der Waals surface area contributed by atoms with E-state index in [0.29, 0.717) is 5.69 Å². The third-order valence-electron chi connectivity index (χ3n) is 2.58. The van der Waals surface area contributed by atoms with Gasteiger partial charge in [0, 0.05) is 13.1 Å². The van der Waals surface area contributed by atoms with Crippen LogP contribution in [0, 0.1) is 0 Å². The normalized spacial score (nSPS) is 19.3. The van der Waals surface area contributed by atoms with Gasteiger partial charge in [0.1, 0.15) is 24.1 Å². The molecule has 2 rings (SSSR count). The highest BCUT2D eigenvalue weighted by Crippen LogP contribution is 2.34. The van der Waals surface area contributed by atoms with Crippen LogP contribution in [0.5, 0.6) is 11.5 Å². The zero-order valence-electron chi connectivity index (χ0n) is 9.60. The van der Waals surface area contributed by atoms with Crippen LogP contribution in [-0.2, 0) is 4.79 Å². The van der Waals surface area contributed by atoms with Gasteiger partial charge in [-0.15, -0.1) is 0 Å². The van der Waals surface area contributed by atoms with E-state index < -0.39 is 12.7 Å². The molecule has 1 amide bonds. The van der Waals surface area contributed by atoms with Crippen LogP contribution in [0.3, 0.4) is 0 Å². The van der Waals surface area contributed by atoms with Crippen molar-refractivity contribution < 1.29 is 23.0 Å². The number of fused-ring (bicyclic) bond motifs is 1. The number of amides is 1. The number of nitrogens with two attached hydrogens (primary N) is 1. The first-order chi connectivity index (χ1) is 8.49. The Kier molecular flexibility index (Phi) is 3.33. The largest absolute Gasteiger partial charge is 0.489 e. The molecule has 18 heavy (non-hydrogen) atoms. The second-order valence-electron chi connectivity index (χ2n) is 3.82. The summed E-state index contributed by atoms with van der Waals surface area (Å²) >= 11 is 0. The Labute approximate surface area is 102 Å². The number of benzene rings is 1. The average molecular weight is 258 g/mol. The number of anilines is 1. The predicted molar refractivity (Wildman–Crippen MR) is 60.0 cm³/mol.